The number of rotatable bonds is 6. The topological polar surface area (TPSA) is 146 Å². The molecule has 2 saturated carbocycles. The Kier molecular flexibility index (Phi) is 8.20. The Morgan fingerprint density at radius 1 is 1.08 bits per heavy atom. The van der Waals surface area contributed by atoms with Gasteiger partial charge in [-0.1, -0.05) is 39.3 Å². The average Bonchev–Trinajstić information content (AvgIpc) is 2.83. The largest absolute Gasteiger partial charge is 0.463 e. The Bertz CT molecular complexity index is 872. The molecule has 4 rings (SSSR count). The lowest BCUT2D eigenvalue weighted by atomic mass is 9.45. The van der Waals surface area contributed by atoms with Crippen molar-refractivity contribution in [1.29, 1.82) is 0 Å². The molecule has 1 saturated heterocycles. The third kappa shape index (κ3) is 5.13. The van der Waals surface area contributed by atoms with Crippen LogP contribution < -0.4 is 0 Å². The molecule has 3 fully saturated rings. The van der Waals surface area contributed by atoms with Crippen LogP contribution in [0.3, 0.4) is 0 Å². The lowest BCUT2D eigenvalue weighted by Crippen LogP contribution is -2.62. The first kappa shape index (κ1) is 28.9. The van der Waals surface area contributed by atoms with Crippen molar-refractivity contribution in [3.63, 3.8) is 0 Å². The number of aliphatic hydroxyl groups excluding tert-OH is 5. The molecule has 0 aromatic carbocycles. The van der Waals surface area contributed by atoms with Crippen LogP contribution in [0.5, 0.6) is 0 Å². The van der Waals surface area contributed by atoms with Gasteiger partial charge in [-0.2, -0.15) is 0 Å². The SMILES string of the molecule is CC(=O)OC[C@H](O)[C@]1(C)C=C2CC[C@H]3C(C)(C)[C@H](O[C@@H]4O[C@H](CO)[C@@H](O)[C@H](O)[C@H]4O)CC[C@@]3(C)[C@H]2CC1. The fourth-order valence-electron chi connectivity index (χ4n) is 7.96. The molecule has 0 spiro atoms. The van der Waals surface area contributed by atoms with E-state index in [2.05, 4.69) is 26.8 Å². The fraction of sp³-hybridized carbons (Fsp3) is 0.893. The summed E-state index contributed by atoms with van der Waals surface area (Å²) in [4.78, 5) is 11.2. The van der Waals surface area contributed by atoms with Gasteiger partial charge in [-0.05, 0) is 61.2 Å². The Hall–Kier alpha value is -1.07. The number of allylic oxidation sites excluding steroid dienone is 1. The van der Waals surface area contributed by atoms with E-state index in [1.807, 2.05) is 6.92 Å². The first-order chi connectivity index (χ1) is 17.2. The molecule has 0 aromatic rings. The summed E-state index contributed by atoms with van der Waals surface area (Å²) in [6.45, 7) is 9.70. The molecule has 4 aliphatic rings. The van der Waals surface area contributed by atoms with Crippen LogP contribution >= 0.6 is 0 Å². The second kappa shape index (κ2) is 10.5. The molecule has 0 aromatic heterocycles. The Morgan fingerprint density at radius 2 is 1.78 bits per heavy atom. The fourth-order valence-corrected chi connectivity index (χ4v) is 7.96. The van der Waals surface area contributed by atoms with Gasteiger partial charge >= 0.3 is 5.97 Å². The smallest absolute Gasteiger partial charge is 0.302 e. The molecule has 5 N–H and O–H groups in total. The molecular weight excluding hydrogens is 480 g/mol. The Balaban J connectivity index is 1.50. The second-order valence-corrected chi connectivity index (χ2v) is 12.9. The molecule has 0 amide bonds. The van der Waals surface area contributed by atoms with Crippen LogP contribution in [0, 0.1) is 28.1 Å². The number of ether oxygens (including phenoxy) is 3. The lowest BCUT2D eigenvalue weighted by molar-refractivity contribution is -0.327. The van der Waals surface area contributed by atoms with E-state index in [1.165, 1.54) is 12.5 Å². The third-order valence-electron chi connectivity index (χ3n) is 10.3. The highest BCUT2D eigenvalue weighted by atomic mass is 16.7. The molecule has 1 aliphatic heterocycles. The van der Waals surface area contributed by atoms with Crippen LogP contribution in [-0.4, -0.2) is 87.6 Å². The first-order valence-electron chi connectivity index (χ1n) is 13.7. The maximum atomic E-state index is 11.2. The van der Waals surface area contributed by atoms with E-state index in [1.54, 1.807) is 0 Å². The van der Waals surface area contributed by atoms with E-state index in [9.17, 15) is 30.3 Å². The van der Waals surface area contributed by atoms with E-state index < -0.39 is 48.8 Å². The minimum Gasteiger partial charge on any atom is -0.463 e. The number of hydrogen-bond acceptors (Lipinski definition) is 9. The molecule has 3 aliphatic carbocycles. The molecule has 1 heterocycles. The van der Waals surface area contributed by atoms with E-state index in [0.29, 0.717) is 11.8 Å². The van der Waals surface area contributed by atoms with Gasteiger partial charge in [-0.25, -0.2) is 0 Å². The zero-order valence-electron chi connectivity index (χ0n) is 22.8. The minimum atomic E-state index is -1.46. The summed E-state index contributed by atoms with van der Waals surface area (Å²) < 4.78 is 17.1. The Morgan fingerprint density at radius 3 is 2.43 bits per heavy atom. The van der Waals surface area contributed by atoms with Crippen molar-refractivity contribution in [2.75, 3.05) is 13.2 Å². The van der Waals surface area contributed by atoms with E-state index in [-0.39, 0.29) is 29.5 Å². The summed E-state index contributed by atoms with van der Waals surface area (Å²) >= 11 is 0. The van der Waals surface area contributed by atoms with E-state index >= 15 is 0 Å². The van der Waals surface area contributed by atoms with Gasteiger partial charge in [0, 0.05) is 12.3 Å². The van der Waals surface area contributed by atoms with Crippen molar-refractivity contribution >= 4 is 5.97 Å². The van der Waals surface area contributed by atoms with Gasteiger partial charge in [-0.3, -0.25) is 4.79 Å². The molecule has 212 valence electrons. The Labute approximate surface area is 219 Å². The van der Waals surface area contributed by atoms with Crippen molar-refractivity contribution in [1.82, 2.24) is 0 Å². The highest BCUT2D eigenvalue weighted by Crippen LogP contribution is 2.64. The van der Waals surface area contributed by atoms with Crippen molar-refractivity contribution in [3.8, 4) is 0 Å². The highest BCUT2D eigenvalue weighted by molar-refractivity contribution is 5.65. The molecule has 9 heteroatoms. The van der Waals surface area contributed by atoms with Crippen molar-refractivity contribution in [3.05, 3.63) is 11.6 Å². The summed E-state index contributed by atoms with van der Waals surface area (Å²) in [6, 6.07) is 0. The van der Waals surface area contributed by atoms with Crippen LogP contribution in [-0.2, 0) is 19.0 Å². The number of carbonyl (C=O) groups is 1. The molecule has 0 unspecified atom stereocenters. The van der Waals surface area contributed by atoms with E-state index in [4.69, 9.17) is 14.2 Å². The zero-order valence-corrected chi connectivity index (χ0v) is 22.8. The van der Waals surface area contributed by atoms with Gasteiger partial charge in [-0.15, -0.1) is 0 Å². The van der Waals surface area contributed by atoms with Crippen molar-refractivity contribution in [2.24, 2.45) is 28.1 Å². The van der Waals surface area contributed by atoms with Crippen LogP contribution in [0.15, 0.2) is 11.6 Å². The molecule has 9 nitrogen and oxygen atoms in total. The maximum absolute atomic E-state index is 11.2. The van der Waals surface area contributed by atoms with Crippen LogP contribution in [0.1, 0.15) is 73.1 Å². The van der Waals surface area contributed by atoms with Crippen molar-refractivity contribution < 1.29 is 44.5 Å². The third-order valence-corrected chi connectivity index (χ3v) is 10.3. The van der Waals surface area contributed by atoms with E-state index in [0.717, 1.165) is 38.5 Å². The monoisotopic (exact) mass is 526 g/mol. The highest BCUT2D eigenvalue weighted by Gasteiger charge is 2.59. The first-order valence-corrected chi connectivity index (χ1v) is 13.7. The number of carbonyl (C=O) groups excluding carboxylic acids is 1. The lowest BCUT2D eigenvalue weighted by Gasteiger charge is -2.62. The quantitative estimate of drug-likeness (QED) is 0.198. The zero-order chi connectivity index (χ0) is 27.3. The van der Waals surface area contributed by atoms with Crippen molar-refractivity contribution in [2.45, 2.75) is 116 Å². The maximum Gasteiger partial charge on any atom is 0.302 e. The van der Waals surface area contributed by atoms with Gasteiger partial charge in [0.05, 0.1) is 18.8 Å². The number of hydrogen-bond donors (Lipinski definition) is 5. The van der Waals surface area contributed by atoms with Crippen LogP contribution in [0.25, 0.3) is 0 Å². The second-order valence-electron chi connectivity index (χ2n) is 12.9. The van der Waals surface area contributed by atoms with Gasteiger partial charge in [0.1, 0.15) is 31.0 Å². The number of esters is 1. The molecule has 0 bridgehead atoms. The number of fused-ring (bicyclic) bond motifs is 3. The van der Waals surface area contributed by atoms with Crippen LogP contribution in [0.4, 0.5) is 0 Å². The predicted molar refractivity (Wildman–Crippen MR) is 134 cm³/mol. The van der Waals surface area contributed by atoms with Gasteiger partial charge in [0.25, 0.3) is 0 Å². The molecule has 0 radical (unpaired) electrons. The predicted octanol–water partition coefficient (Wildman–Crippen LogP) is 1.67. The summed E-state index contributed by atoms with van der Waals surface area (Å²) in [5, 5.41) is 51.2. The standard InChI is InChI=1S/C28H46O9/c1-15(30)35-14-20(31)27(4)10-8-17-16(12-27)6-7-19-26(2,3)21(9-11-28(17,19)5)37-25-24(34)23(33)22(32)18(13-29)36-25/h12,17-25,29,31-34H,6-11,13-14H2,1-5H3/t17-,18+,19-,20-,21+,22+,23-,24+,25-,27-,28-/m0/s1. The minimum absolute atomic E-state index is 0.00414. The van der Waals surface area contributed by atoms with Gasteiger partial charge < -0.3 is 39.7 Å². The number of aliphatic hydroxyl groups is 5. The average molecular weight is 527 g/mol. The van der Waals surface area contributed by atoms with Gasteiger partial charge in [0.2, 0.25) is 0 Å². The summed E-state index contributed by atoms with van der Waals surface area (Å²) in [6.07, 6.45) is 0.254. The summed E-state index contributed by atoms with van der Waals surface area (Å²) in [5.74, 6) is 0.357. The normalized spacial score (nSPS) is 46.3. The molecular formula is C28H46O9. The van der Waals surface area contributed by atoms with Gasteiger partial charge in [0.15, 0.2) is 6.29 Å². The summed E-state index contributed by atoms with van der Waals surface area (Å²) in [7, 11) is 0. The summed E-state index contributed by atoms with van der Waals surface area (Å²) in [5.41, 5.74) is 0.764. The van der Waals surface area contributed by atoms with Crippen LogP contribution in [0.2, 0.25) is 0 Å². The molecule has 11 atom stereocenters. The molecule has 37 heavy (non-hydrogen) atoms.